The van der Waals surface area contributed by atoms with E-state index >= 15 is 0 Å². The molecule has 2 aromatic rings. The van der Waals surface area contributed by atoms with Crippen molar-refractivity contribution in [2.45, 2.75) is 25.0 Å². The minimum Gasteiger partial charge on any atom is -0.497 e. The van der Waals surface area contributed by atoms with Gasteiger partial charge in [-0.3, -0.25) is 4.98 Å². The van der Waals surface area contributed by atoms with Crippen LogP contribution in [0.1, 0.15) is 24.5 Å². The first-order valence-electron chi connectivity index (χ1n) is 9.13. The Balaban J connectivity index is 1.73. The minimum absolute atomic E-state index is 0.228. The smallest absolute Gasteiger partial charge is 0.131 e. The number of aliphatic hydroxyl groups excluding tert-OH is 1. The quantitative estimate of drug-likeness (QED) is 0.686. The lowest BCUT2D eigenvalue weighted by molar-refractivity contribution is -0.956. The molecule has 4 heteroatoms. The molecule has 1 aromatic carbocycles. The SMILES string of the molecule is C=C[C@@H]1C[N+]2(C)CC[C@H]1C[C@@H]2[C@@H](O)c1ccnc2ccc(OC)cc12. The van der Waals surface area contributed by atoms with E-state index in [1.807, 2.05) is 24.3 Å². The molecule has 0 spiro atoms. The molecule has 0 saturated carbocycles. The summed E-state index contributed by atoms with van der Waals surface area (Å²) in [6.07, 6.45) is 5.73. The molecular weight excluding hydrogens is 312 g/mol. The van der Waals surface area contributed by atoms with Gasteiger partial charge >= 0.3 is 0 Å². The van der Waals surface area contributed by atoms with Crippen molar-refractivity contribution in [3.8, 4) is 5.75 Å². The van der Waals surface area contributed by atoms with E-state index < -0.39 is 6.10 Å². The number of quaternary nitrogens is 1. The highest BCUT2D eigenvalue weighted by molar-refractivity contribution is 5.83. The van der Waals surface area contributed by atoms with Crippen LogP contribution in [-0.4, -0.2) is 47.9 Å². The standard InChI is InChI=1S/C21H27N2O2/c1-4-14-13-23(2)10-8-15(14)11-20(23)21(24)17-7-9-22-19-6-5-16(25-3)12-18(17)19/h4-7,9,12,14-15,20-21,24H,1,8,10-11,13H2,2-3H3/q+1/t14-,15+,20-,21+,23?/m1/s1. The van der Waals surface area contributed by atoms with Crippen molar-refractivity contribution in [1.82, 2.24) is 4.98 Å². The molecule has 3 aliphatic rings. The van der Waals surface area contributed by atoms with E-state index in [2.05, 4.69) is 24.7 Å². The van der Waals surface area contributed by atoms with Crippen molar-refractivity contribution in [3.05, 3.63) is 48.7 Å². The van der Waals surface area contributed by atoms with Crippen LogP contribution in [0.3, 0.4) is 0 Å². The van der Waals surface area contributed by atoms with E-state index in [1.54, 1.807) is 13.3 Å². The second kappa shape index (κ2) is 6.11. The number of aliphatic hydroxyl groups is 1. The average molecular weight is 339 g/mol. The maximum Gasteiger partial charge on any atom is 0.131 e. The molecule has 3 saturated heterocycles. The van der Waals surface area contributed by atoms with E-state index in [4.69, 9.17) is 4.74 Å². The molecule has 0 amide bonds. The molecule has 1 aromatic heterocycles. The number of benzene rings is 1. The summed E-state index contributed by atoms with van der Waals surface area (Å²) >= 11 is 0. The fourth-order valence-corrected chi connectivity index (χ4v) is 5.03. The van der Waals surface area contributed by atoms with Crippen LogP contribution in [0, 0.1) is 11.8 Å². The van der Waals surface area contributed by atoms with Gasteiger partial charge in [0.25, 0.3) is 0 Å². The monoisotopic (exact) mass is 339 g/mol. The van der Waals surface area contributed by atoms with Crippen molar-refractivity contribution >= 4 is 10.9 Å². The Kier molecular flexibility index (Phi) is 4.05. The third kappa shape index (κ3) is 2.64. The summed E-state index contributed by atoms with van der Waals surface area (Å²) in [6.45, 7) is 6.26. The number of hydrogen-bond acceptors (Lipinski definition) is 3. The molecule has 1 N–H and O–H groups in total. The predicted molar refractivity (Wildman–Crippen MR) is 99.4 cm³/mol. The highest BCUT2D eigenvalue weighted by atomic mass is 16.5. The van der Waals surface area contributed by atoms with Crippen LogP contribution in [0.4, 0.5) is 0 Å². The fraction of sp³-hybridized carbons (Fsp3) is 0.476. The first-order valence-corrected chi connectivity index (χ1v) is 9.13. The number of hydrogen-bond donors (Lipinski definition) is 1. The van der Waals surface area contributed by atoms with Crippen molar-refractivity contribution < 1.29 is 14.3 Å². The number of methoxy groups -OCH3 is 1. The highest BCUT2D eigenvalue weighted by Crippen LogP contribution is 2.45. The molecule has 0 radical (unpaired) electrons. The molecule has 25 heavy (non-hydrogen) atoms. The number of nitrogens with zero attached hydrogens (tertiary/aromatic N) is 2. The number of fused-ring (bicyclic) bond motifs is 4. The fourth-order valence-electron chi connectivity index (χ4n) is 5.03. The number of rotatable bonds is 4. The predicted octanol–water partition coefficient (Wildman–Crippen LogP) is 3.32. The van der Waals surface area contributed by atoms with Gasteiger partial charge in [-0.1, -0.05) is 6.08 Å². The van der Waals surface area contributed by atoms with Crippen molar-refractivity contribution in [1.29, 1.82) is 0 Å². The summed E-state index contributed by atoms with van der Waals surface area (Å²) in [4.78, 5) is 4.45. The molecule has 5 rings (SSSR count). The Bertz CT molecular complexity index is 806. The van der Waals surface area contributed by atoms with E-state index in [1.165, 1.54) is 6.42 Å². The molecule has 4 heterocycles. The zero-order valence-electron chi connectivity index (χ0n) is 15.1. The van der Waals surface area contributed by atoms with Crippen molar-refractivity contribution in [2.75, 3.05) is 27.2 Å². The summed E-state index contributed by atoms with van der Waals surface area (Å²) in [5.74, 6) is 2.03. The zero-order valence-corrected chi connectivity index (χ0v) is 15.1. The van der Waals surface area contributed by atoms with Gasteiger partial charge in [-0.05, 0) is 35.7 Å². The lowest BCUT2D eigenvalue weighted by atomic mass is 9.72. The van der Waals surface area contributed by atoms with Crippen LogP contribution in [-0.2, 0) is 0 Å². The van der Waals surface area contributed by atoms with Crippen LogP contribution in [0.15, 0.2) is 43.1 Å². The third-order valence-corrected chi connectivity index (χ3v) is 6.56. The molecule has 2 bridgehead atoms. The van der Waals surface area contributed by atoms with Crippen LogP contribution in [0.25, 0.3) is 10.9 Å². The number of ether oxygens (including phenoxy) is 1. The Morgan fingerprint density at radius 3 is 2.96 bits per heavy atom. The second-order valence-corrected chi connectivity index (χ2v) is 7.87. The van der Waals surface area contributed by atoms with Crippen LogP contribution < -0.4 is 4.74 Å². The molecule has 1 unspecified atom stereocenters. The maximum atomic E-state index is 11.3. The normalized spacial score (nSPS) is 32.5. The zero-order chi connectivity index (χ0) is 17.6. The van der Waals surface area contributed by atoms with E-state index in [0.29, 0.717) is 11.8 Å². The van der Waals surface area contributed by atoms with Crippen LogP contribution in [0.5, 0.6) is 5.75 Å². The van der Waals surface area contributed by atoms with Gasteiger partial charge in [0.15, 0.2) is 0 Å². The Morgan fingerprint density at radius 1 is 1.40 bits per heavy atom. The number of pyridine rings is 1. The Hall–Kier alpha value is -1.91. The van der Waals surface area contributed by atoms with Gasteiger partial charge in [-0.15, -0.1) is 6.58 Å². The van der Waals surface area contributed by atoms with E-state index in [-0.39, 0.29) is 6.04 Å². The molecule has 4 nitrogen and oxygen atoms in total. The lowest BCUT2D eigenvalue weighted by Gasteiger charge is -2.56. The van der Waals surface area contributed by atoms with Crippen LogP contribution in [0.2, 0.25) is 0 Å². The van der Waals surface area contributed by atoms with Gasteiger partial charge in [0, 0.05) is 30.3 Å². The second-order valence-electron chi connectivity index (χ2n) is 7.87. The maximum absolute atomic E-state index is 11.3. The molecule has 3 aliphatic heterocycles. The summed E-state index contributed by atoms with van der Waals surface area (Å²) in [5.41, 5.74) is 1.87. The summed E-state index contributed by atoms with van der Waals surface area (Å²) < 4.78 is 6.31. The molecule has 3 fully saturated rings. The van der Waals surface area contributed by atoms with Gasteiger partial charge in [0.2, 0.25) is 0 Å². The van der Waals surface area contributed by atoms with E-state index in [9.17, 15) is 5.11 Å². The van der Waals surface area contributed by atoms with E-state index in [0.717, 1.165) is 46.2 Å². The molecular formula is C21H27N2O2+. The summed E-state index contributed by atoms with van der Waals surface area (Å²) in [6, 6.07) is 8.06. The largest absolute Gasteiger partial charge is 0.497 e. The van der Waals surface area contributed by atoms with Crippen molar-refractivity contribution in [3.63, 3.8) is 0 Å². The molecule has 132 valence electrons. The average Bonchev–Trinajstić information content (AvgIpc) is 2.66. The topological polar surface area (TPSA) is 42.4 Å². The Morgan fingerprint density at radius 2 is 2.24 bits per heavy atom. The molecule has 0 aliphatic carbocycles. The minimum atomic E-state index is -0.490. The third-order valence-electron chi connectivity index (χ3n) is 6.56. The summed E-state index contributed by atoms with van der Waals surface area (Å²) in [7, 11) is 3.96. The summed E-state index contributed by atoms with van der Waals surface area (Å²) in [5, 5.41) is 12.3. The van der Waals surface area contributed by atoms with Gasteiger partial charge < -0.3 is 14.3 Å². The number of likely N-dealkylation sites (N-methyl/N-ethyl adjacent to an activating group) is 1. The number of aromatic nitrogens is 1. The lowest BCUT2D eigenvalue weighted by Crippen LogP contribution is -2.66. The first-order chi connectivity index (χ1) is 12.1. The van der Waals surface area contributed by atoms with Crippen molar-refractivity contribution in [2.24, 2.45) is 11.8 Å². The van der Waals surface area contributed by atoms with Crippen LogP contribution >= 0.6 is 0 Å². The molecule has 5 atom stereocenters. The first kappa shape index (κ1) is 16.6. The van der Waals surface area contributed by atoms with Gasteiger partial charge in [0.05, 0.1) is 32.8 Å². The van der Waals surface area contributed by atoms with Gasteiger partial charge in [0.1, 0.15) is 17.9 Å². The highest BCUT2D eigenvalue weighted by Gasteiger charge is 2.51. The number of piperidine rings is 3. The van der Waals surface area contributed by atoms with Gasteiger partial charge in [-0.25, -0.2) is 0 Å². The Labute approximate surface area is 149 Å². The van der Waals surface area contributed by atoms with Gasteiger partial charge in [-0.2, -0.15) is 0 Å².